The minimum absolute atomic E-state index is 0.0813. The first-order valence-electron chi connectivity index (χ1n) is 9.44. The van der Waals surface area contributed by atoms with Gasteiger partial charge in [0, 0.05) is 29.1 Å². The zero-order chi connectivity index (χ0) is 22.1. The van der Waals surface area contributed by atoms with Crippen LogP contribution < -0.4 is 10.1 Å². The fourth-order valence-corrected chi connectivity index (χ4v) is 3.33. The summed E-state index contributed by atoms with van der Waals surface area (Å²) < 4.78 is 7.00. The van der Waals surface area contributed by atoms with Crippen LogP contribution in [0.2, 0.25) is 0 Å². The molecule has 0 aliphatic rings. The molecule has 0 fully saturated rings. The van der Waals surface area contributed by atoms with E-state index in [1.807, 2.05) is 38.1 Å². The minimum atomic E-state index is -0.512. The van der Waals surface area contributed by atoms with Gasteiger partial charge in [-0.05, 0) is 43.7 Å². The highest BCUT2D eigenvalue weighted by Gasteiger charge is 2.16. The topological polar surface area (TPSA) is 112 Å². The molecule has 0 saturated carbocycles. The molecule has 1 N–H and O–H groups in total. The minimum Gasteiger partial charge on any atom is -0.494 e. The second kappa shape index (κ2) is 7.86. The Morgan fingerprint density at radius 1 is 1.13 bits per heavy atom. The molecule has 2 aromatic carbocycles. The normalized spacial score (nSPS) is 10.8. The van der Waals surface area contributed by atoms with Gasteiger partial charge in [-0.3, -0.25) is 14.9 Å². The molecule has 0 spiro atoms. The Hall–Kier alpha value is -4.27. The van der Waals surface area contributed by atoms with Gasteiger partial charge in [0.2, 0.25) is 0 Å². The number of nitrogens with zero attached hydrogens (tertiary/aromatic N) is 4. The van der Waals surface area contributed by atoms with Crippen molar-refractivity contribution in [2.75, 3.05) is 12.4 Å². The van der Waals surface area contributed by atoms with E-state index in [4.69, 9.17) is 9.72 Å². The van der Waals surface area contributed by atoms with E-state index in [9.17, 15) is 14.9 Å². The van der Waals surface area contributed by atoms with Gasteiger partial charge in [0.25, 0.3) is 11.6 Å². The molecule has 2 aromatic heterocycles. The van der Waals surface area contributed by atoms with Crippen LogP contribution in [0.15, 0.2) is 54.6 Å². The van der Waals surface area contributed by atoms with Crippen LogP contribution in [-0.2, 0) is 0 Å². The summed E-state index contributed by atoms with van der Waals surface area (Å²) in [7, 11) is 1.59. The Morgan fingerprint density at radius 3 is 2.55 bits per heavy atom. The molecule has 156 valence electrons. The molecule has 4 aromatic rings. The van der Waals surface area contributed by atoms with Gasteiger partial charge in [0.1, 0.15) is 17.1 Å². The number of ether oxygens (including phenoxy) is 1. The summed E-state index contributed by atoms with van der Waals surface area (Å²) in [4.78, 5) is 27.7. The number of aryl methyl sites for hydroxylation is 2. The number of benzene rings is 2. The van der Waals surface area contributed by atoms with Gasteiger partial charge in [0.05, 0.1) is 17.7 Å². The van der Waals surface area contributed by atoms with Crippen molar-refractivity contribution in [3.05, 3.63) is 81.5 Å². The van der Waals surface area contributed by atoms with E-state index < -0.39 is 10.8 Å². The zero-order valence-electron chi connectivity index (χ0n) is 17.1. The number of carbonyl (C=O) groups excluding carboxylic acids is 1. The summed E-state index contributed by atoms with van der Waals surface area (Å²) in [6, 6.07) is 14.7. The number of aromatic nitrogens is 3. The Kier molecular flexibility index (Phi) is 5.08. The molecule has 0 radical (unpaired) electrons. The first-order valence-corrected chi connectivity index (χ1v) is 9.44. The number of carbonyl (C=O) groups is 1. The Balaban J connectivity index is 1.72. The van der Waals surface area contributed by atoms with E-state index in [0.717, 1.165) is 10.9 Å². The van der Waals surface area contributed by atoms with Crippen LogP contribution in [0.1, 0.15) is 21.6 Å². The lowest BCUT2D eigenvalue weighted by molar-refractivity contribution is -0.384. The molecule has 9 heteroatoms. The predicted molar refractivity (Wildman–Crippen MR) is 116 cm³/mol. The standard InChI is InChI=1S/C22H19N5O4/c1-13-11-19(23-21-17(13)5-4-6-18(21)31-3)26-20(12-14(2)25-26)24-22(28)15-7-9-16(10-8-15)27(29)30/h4-12H,1-3H3,(H,24,28). The van der Waals surface area contributed by atoms with E-state index in [-0.39, 0.29) is 5.69 Å². The molecule has 0 unspecified atom stereocenters. The molecule has 0 aliphatic heterocycles. The van der Waals surface area contributed by atoms with E-state index in [0.29, 0.717) is 34.2 Å². The highest BCUT2D eigenvalue weighted by molar-refractivity contribution is 6.04. The van der Waals surface area contributed by atoms with Crippen molar-refractivity contribution in [2.45, 2.75) is 13.8 Å². The van der Waals surface area contributed by atoms with E-state index in [1.54, 1.807) is 17.9 Å². The summed E-state index contributed by atoms with van der Waals surface area (Å²) in [6.45, 7) is 3.78. The average Bonchev–Trinajstić information content (AvgIpc) is 3.13. The maximum absolute atomic E-state index is 12.7. The molecule has 0 saturated heterocycles. The number of fused-ring (bicyclic) bond motifs is 1. The molecular weight excluding hydrogens is 398 g/mol. The number of para-hydroxylation sites is 1. The number of pyridine rings is 1. The fourth-order valence-electron chi connectivity index (χ4n) is 3.33. The van der Waals surface area contributed by atoms with Gasteiger partial charge in [-0.15, -0.1) is 0 Å². The quantitative estimate of drug-likeness (QED) is 0.385. The molecule has 4 rings (SSSR count). The van der Waals surface area contributed by atoms with Crippen LogP contribution in [0.4, 0.5) is 11.5 Å². The van der Waals surface area contributed by atoms with Gasteiger partial charge in [-0.25, -0.2) is 4.98 Å². The lowest BCUT2D eigenvalue weighted by Gasteiger charge is -2.12. The van der Waals surface area contributed by atoms with E-state index >= 15 is 0 Å². The molecular formula is C22H19N5O4. The SMILES string of the molecule is COc1cccc2c(C)cc(-n3nc(C)cc3NC(=O)c3ccc([N+](=O)[O-])cc3)nc12. The number of hydrogen-bond acceptors (Lipinski definition) is 6. The lowest BCUT2D eigenvalue weighted by Crippen LogP contribution is -2.15. The number of nitro groups is 1. The van der Waals surface area contributed by atoms with Crippen molar-refractivity contribution < 1.29 is 14.5 Å². The smallest absolute Gasteiger partial charge is 0.269 e. The third kappa shape index (κ3) is 3.80. The number of hydrogen-bond donors (Lipinski definition) is 1. The molecule has 0 atom stereocenters. The summed E-state index contributed by atoms with van der Waals surface area (Å²) >= 11 is 0. The molecule has 9 nitrogen and oxygen atoms in total. The summed E-state index contributed by atoms with van der Waals surface area (Å²) in [5.74, 6) is 1.19. The third-order valence-electron chi connectivity index (χ3n) is 4.85. The summed E-state index contributed by atoms with van der Waals surface area (Å²) in [5, 5.41) is 19.1. The van der Waals surface area contributed by atoms with Crippen molar-refractivity contribution in [2.24, 2.45) is 0 Å². The van der Waals surface area contributed by atoms with Crippen LogP contribution in [0.5, 0.6) is 5.75 Å². The van der Waals surface area contributed by atoms with Crippen LogP contribution in [0.25, 0.3) is 16.7 Å². The highest BCUT2D eigenvalue weighted by Crippen LogP contribution is 2.28. The van der Waals surface area contributed by atoms with Gasteiger partial charge in [-0.2, -0.15) is 9.78 Å². The first-order chi connectivity index (χ1) is 14.9. The lowest BCUT2D eigenvalue weighted by atomic mass is 10.1. The number of rotatable bonds is 5. The molecule has 1 amide bonds. The first kappa shape index (κ1) is 20.0. The average molecular weight is 417 g/mol. The van der Waals surface area contributed by atoms with E-state index in [1.165, 1.54) is 24.3 Å². The van der Waals surface area contributed by atoms with Crippen molar-refractivity contribution in [3.8, 4) is 11.6 Å². The van der Waals surface area contributed by atoms with Crippen LogP contribution >= 0.6 is 0 Å². The van der Waals surface area contributed by atoms with Crippen LogP contribution in [0, 0.1) is 24.0 Å². The Bertz CT molecular complexity index is 1310. The molecule has 31 heavy (non-hydrogen) atoms. The Labute approximate surface area is 177 Å². The number of nitrogens with one attached hydrogen (secondary N) is 1. The number of nitro benzene ring substituents is 1. The van der Waals surface area contributed by atoms with E-state index in [2.05, 4.69) is 10.4 Å². The maximum Gasteiger partial charge on any atom is 0.269 e. The maximum atomic E-state index is 12.7. The monoisotopic (exact) mass is 417 g/mol. The number of amides is 1. The van der Waals surface area contributed by atoms with Crippen molar-refractivity contribution in [1.29, 1.82) is 0 Å². The molecule has 0 aliphatic carbocycles. The number of non-ortho nitro benzene ring substituents is 1. The van der Waals surface area contributed by atoms with Gasteiger partial charge < -0.3 is 10.1 Å². The van der Waals surface area contributed by atoms with Crippen LogP contribution in [0.3, 0.4) is 0 Å². The second-order valence-corrected chi connectivity index (χ2v) is 6.99. The van der Waals surface area contributed by atoms with Crippen molar-refractivity contribution >= 4 is 28.3 Å². The molecule has 0 bridgehead atoms. The molecule has 2 heterocycles. The highest BCUT2D eigenvalue weighted by atomic mass is 16.6. The largest absolute Gasteiger partial charge is 0.494 e. The third-order valence-corrected chi connectivity index (χ3v) is 4.85. The summed E-state index contributed by atoms with van der Waals surface area (Å²) in [6.07, 6.45) is 0. The van der Waals surface area contributed by atoms with Crippen molar-refractivity contribution in [1.82, 2.24) is 14.8 Å². The predicted octanol–water partition coefficient (Wildman–Crippen LogP) is 4.21. The second-order valence-electron chi connectivity index (χ2n) is 6.99. The van der Waals surface area contributed by atoms with Gasteiger partial charge in [-0.1, -0.05) is 12.1 Å². The zero-order valence-corrected chi connectivity index (χ0v) is 17.1. The summed E-state index contributed by atoms with van der Waals surface area (Å²) in [5.41, 5.74) is 2.58. The number of anilines is 1. The number of methoxy groups -OCH3 is 1. The van der Waals surface area contributed by atoms with Gasteiger partial charge in [0.15, 0.2) is 5.82 Å². The van der Waals surface area contributed by atoms with Crippen molar-refractivity contribution in [3.63, 3.8) is 0 Å². The van der Waals surface area contributed by atoms with Crippen LogP contribution in [-0.4, -0.2) is 32.7 Å². The van der Waals surface area contributed by atoms with Gasteiger partial charge >= 0.3 is 0 Å². The Morgan fingerprint density at radius 2 is 1.87 bits per heavy atom. The fraction of sp³-hybridized carbons (Fsp3) is 0.136.